The maximum Gasteiger partial charge on any atom is 0.148 e. The number of aromatic nitrogens is 3. The van der Waals surface area contributed by atoms with E-state index in [0.717, 1.165) is 44.3 Å². The highest BCUT2D eigenvalue weighted by atomic mass is 32.1. The Hall–Kier alpha value is -2.79. The van der Waals surface area contributed by atoms with Gasteiger partial charge in [-0.05, 0) is 58.1 Å². The fraction of sp³-hybridized carbons (Fsp3) is 0.182. The minimum atomic E-state index is -0.213. The summed E-state index contributed by atoms with van der Waals surface area (Å²) in [5, 5.41) is 3.99. The summed E-state index contributed by atoms with van der Waals surface area (Å²) >= 11 is 1.62. The first-order chi connectivity index (χ1) is 12.9. The Morgan fingerprint density at radius 2 is 1.89 bits per heavy atom. The molecule has 27 heavy (non-hydrogen) atoms. The van der Waals surface area contributed by atoms with Crippen molar-refractivity contribution in [1.29, 1.82) is 0 Å². The zero-order valence-corrected chi connectivity index (χ0v) is 16.1. The molecule has 3 nitrogen and oxygen atoms in total. The zero-order valence-electron chi connectivity index (χ0n) is 15.3. The van der Waals surface area contributed by atoms with Crippen molar-refractivity contribution in [3.05, 3.63) is 65.4 Å². The Morgan fingerprint density at radius 3 is 2.70 bits per heavy atom. The summed E-state index contributed by atoms with van der Waals surface area (Å²) in [4.78, 5) is 9.44. The van der Waals surface area contributed by atoms with E-state index in [1.165, 1.54) is 6.07 Å². The van der Waals surface area contributed by atoms with Gasteiger partial charge in [-0.2, -0.15) is 0 Å². The van der Waals surface area contributed by atoms with Crippen LogP contribution in [0.2, 0.25) is 0 Å². The highest BCUT2D eigenvalue weighted by molar-refractivity contribution is 7.05. The largest absolute Gasteiger partial charge is 0.254 e. The smallest absolute Gasteiger partial charge is 0.148 e. The van der Waals surface area contributed by atoms with Crippen molar-refractivity contribution < 1.29 is 4.39 Å². The molecule has 0 N–H and O–H groups in total. The highest BCUT2D eigenvalue weighted by Crippen LogP contribution is 2.36. The van der Waals surface area contributed by atoms with E-state index in [0.29, 0.717) is 0 Å². The SMILES string of the molecule is CC(C)(C)c1cc(-c2nccc3c2nc2ccsn23)cc2ccc(F)cc12. The molecule has 0 aliphatic rings. The summed E-state index contributed by atoms with van der Waals surface area (Å²) in [6.45, 7) is 6.45. The summed E-state index contributed by atoms with van der Waals surface area (Å²) in [6, 6.07) is 13.2. The summed E-state index contributed by atoms with van der Waals surface area (Å²) in [5.41, 5.74) is 5.74. The van der Waals surface area contributed by atoms with Crippen LogP contribution in [-0.2, 0) is 5.41 Å². The van der Waals surface area contributed by atoms with Crippen LogP contribution in [0.1, 0.15) is 26.3 Å². The summed E-state index contributed by atoms with van der Waals surface area (Å²) in [7, 11) is 0. The van der Waals surface area contributed by atoms with E-state index in [1.54, 1.807) is 17.6 Å². The lowest BCUT2D eigenvalue weighted by Crippen LogP contribution is -2.12. The van der Waals surface area contributed by atoms with Gasteiger partial charge in [-0.3, -0.25) is 4.98 Å². The molecule has 0 aliphatic carbocycles. The molecule has 5 aromatic rings. The summed E-state index contributed by atoms with van der Waals surface area (Å²) in [5.74, 6) is -0.213. The second-order valence-corrected chi connectivity index (χ2v) is 8.69. The van der Waals surface area contributed by atoms with E-state index in [9.17, 15) is 4.39 Å². The van der Waals surface area contributed by atoms with Crippen LogP contribution < -0.4 is 0 Å². The van der Waals surface area contributed by atoms with Crippen LogP contribution in [0.3, 0.4) is 0 Å². The standard InChI is InChI=1S/C22H18FN3S/c1-22(2,3)17-11-14(10-13-4-5-15(23)12-16(13)17)20-21-18(6-8-24-20)26-19(25-21)7-9-27-26/h4-12H,1-3H3. The lowest BCUT2D eigenvalue weighted by atomic mass is 9.82. The van der Waals surface area contributed by atoms with E-state index in [4.69, 9.17) is 4.98 Å². The van der Waals surface area contributed by atoms with Gasteiger partial charge in [-0.15, -0.1) is 0 Å². The Kier molecular flexibility index (Phi) is 3.40. The average molecular weight is 375 g/mol. The lowest BCUT2D eigenvalue weighted by Gasteiger charge is -2.22. The van der Waals surface area contributed by atoms with Gasteiger partial charge < -0.3 is 0 Å². The first-order valence-electron chi connectivity index (χ1n) is 8.87. The van der Waals surface area contributed by atoms with Crippen LogP contribution in [0, 0.1) is 5.82 Å². The normalized spacial score (nSPS) is 12.4. The van der Waals surface area contributed by atoms with Gasteiger partial charge in [0.1, 0.15) is 17.0 Å². The molecule has 5 heteroatoms. The quantitative estimate of drug-likeness (QED) is 0.349. The number of imidazole rings is 1. The zero-order chi connectivity index (χ0) is 18.8. The fourth-order valence-electron chi connectivity index (χ4n) is 3.67. The van der Waals surface area contributed by atoms with E-state index in [1.807, 2.05) is 29.8 Å². The molecular formula is C22H18FN3S. The molecular weight excluding hydrogens is 357 g/mol. The van der Waals surface area contributed by atoms with Crippen molar-refractivity contribution in [1.82, 2.24) is 13.8 Å². The van der Waals surface area contributed by atoms with Crippen molar-refractivity contribution in [2.75, 3.05) is 0 Å². The third-order valence-corrected chi connectivity index (χ3v) is 5.79. The molecule has 0 radical (unpaired) electrons. The molecule has 0 bridgehead atoms. The molecule has 0 unspecified atom stereocenters. The van der Waals surface area contributed by atoms with Crippen molar-refractivity contribution in [3.63, 3.8) is 0 Å². The minimum absolute atomic E-state index is 0.121. The van der Waals surface area contributed by atoms with Crippen LogP contribution in [-0.4, -0.2) is 13.8 Å². The third-order valence-electron chi connectivity index (χ3n) is 4.94. The van der Waals surface area contributed by atoms with Crippen molar-refractivity contribution in [2.45, 2.75) is 26.2 Å². The number of benzene rings is 2. The van der Waals surface area contributed by atoms with Crippen LogP contribution >= 0.6 is 11.5 Å². The number of fused-ring (bicyclic) bond motifs is 4. The molecule has 0 saturated heterocycles. The van der Waals surface area contributed by atoms with Gasteiger partial charge in [0.15, 0.2) is 0 Å². The number of hydrogen-bond acceptors (Lipinski definition) is 3. The predicted octanol–water partition coefficient (Wildman–Crippen LogP) is 6.20. The average Bonchev–Trinajstić information content (AvgIpc) is 3.21. The molecule has 134 valence electrons. The number of hydrogen-bond donors (Lipinski definition) is 0. The van der Waals surface area contributed by atoms with Crippen molar-refractivity contribution in [2.24, 2.45) is 0 Å². The fourth-order valence-corrected chi connectivity index (χ4v) is 4.44. The van der Waals surface area contributed by atoms with Crippen molar-refractivity contribution in [3.8, 4) is 11.3 Å². The van der Waals surface area contributed by atoms with Gasteiger partial charge in [0, 0.05) is 17.1 Å². The molecule has 0 fully saturated rings. The van der Waals surface area contributed by atoms with Crippen molar-refractivity contribution >= 4 is 39.0 Å². The maximum absolute atomic E-state index is 13.9. The predicted molar refractivity (Wildman–Crippen MR) is 110 cm³/mol. The van der Waals surface area contributed by atoms with Gasteiger partial charge in [-0.1, -0.05) is 38.4 Å². The molecule has 0 atom stereocenters. The Balaban J connectivity index is 1.86. The molecule has 0 amide bonds. The Morgan fingerprint density at radius 1 is 1.04 bits per heavy atom. The summed E-state index contributed by atoms with van der Waals surface area (Å²) < 4.78 is 16.0. The van der Waals surface area contributed by atoms with Gasteiger partial charge in [-0.25, -0.2) is 13.2 Å². The minimum Gasteiger partial charge on any atom is -0.254 e. The van der Waals surface area contributed by atoms with E-state index in [-0.39, 0.29) is 11.2 Å². The van der Waals surface area contributed by atoms with Gasteiger partial charge >= 0.3 is 0 Å². The number of halogens is 1. The first kappa shape index (κ1) is 16.4. The molecule has 0 spiro atoms. The third kappa shape index (κ3) is 2.53. The number of pyridine rings is 1. The molecule has 3 aromatic heterocycles. The topological polar surface area (TPSA) is 30.2 Å². The second-order valence-electron chi connectivity index (χ2n) is 7.84. The van der Waals surface area contributed by atoms with E-state index >= 15 is 0 Å². The molecule has 3 heterocycles. The summed E-state index contributed by atoms with van der Waals surface area (Å²) in [6.07, 6.45) is 1.83. The maximum atomic E-state index is 13.9. The molecule has 5 rings (SSSR count). The van der Waals surface area contributed by atoms with Gasteiger partial charge in [0.05, 0.1) is 11.2 Å². The van der Waals surface area contributed by atoms with E-state index < -0.39 is 0 Å². The van der Waals surface area contributed by atoms with Gasteiger partial charge in [0.2, 0.25) is 0 Å². The van der Waals surface area contributed by atoms with Crippen LogP contribution in [0.15, 0.2) is 54.0 Å². The second kappa shape index (κ2) is 5.60. The number of nitrogens with zero attached hydrogens (tertiary/aromatic N) is 3. The monoisotopic (exact) mass is 375 g/mol. The first-order valence-corrected chi connectivity index (χ1v) is 9.71. The lowest BCUT2D eigenvalue weighted by molar-refractivity contribution is 0.594. The molecule has 0 aliphatic heterocycles. The van der Waals surface area contributed by atoms with Gasteiger partial charge in [0.25, 0.3) is 0 Å². The van der Waals surface area contributed by atoms with E-state index in [2.05, 4.69) is 41.7 Å². The Labute approximate surface area is 160 Å². The van der Waals surface area contributed by atoms with Crippen LogP contribution in [0.25, 0.3) is 38.7 Å². The van der Waals surface area contributed by atoms with Crippen LogP contribution in [0.4, 0.5) is 4.39 Å². The van der Waals surface area contributed by atoms with Crippen LogP contribution in [0.5, 0.6) is 0 Å². The molecule has 2 aromatic carbocycles. The molecule has 0 saturated carbocycles. The number of rotatable bonds is 1. The Bertz CT molecular complexity index is 1320. The highest BCUT2D eigenvalue weighted by Gasteiger charge is 2.20.